The van der Waals surface area contributed by atoms with Gasteiger partial charge in [0.05, 0.1) is 5.69 Å². The van der Waals surface area contributed by atoms with E-state index in [0.29, 0.717) is 18.9 Å². The van der Waals surface area contributed by atoms with Crippen LogP contribution in [0.3, 0.4) is 0 Å². The summed E-state index contributed by atoms with van der Waals surface area (Å²) in [6, 6.07) is 16.4. The number of piperidine rings is 1. The predicted molar refractivity (Wildman–Crippen MR) is 113 cm³/mol. The quantitative estimate of drug-likeness (QED) is 0.781. The van der Waals surface area contributed by atoms with E-state index >= 15 is 0 Å². The summed E-state index contributed by atoms with van der Waals surface area (Å²) >= 11 is 0. The highest BCUT2D eigenvalue weighted by Gasteiger charge is 2.28. The van der Waals surface area contributed by atoms with Gasteiger partial charge in [0.1, 0.15) is 5.75 Å². The van der Waals surface area contributed by atoms with Gasteiger partial charge >= 0.3 is 0 Å². The second-order valence-electron chi connectivity index (χ2n) is 8.07. The summed E-state index contributed by atoms with van der Waals surface area (Å²) in [5.41, 5.74) is 3.23. The highest BCUT2D eigenvalue weighted by molar-refractivity contribution is 5.98. The van der Waals surface area contributed by atoms with Gasteiger partial charge in [-0.2, -0.15) is 0 Å². The Morgan fingerprint density at radius 3 is 2.62 bits per heavy atom. The van der Waals surface area contributed by atoms with Crippen molar-refractivity contribution in [3.8, 4) is 5.75 Å². The molecule has 2 amide bonds. The largest absolute Gasteiger partial charge is 0.482 e. The van der Waals surface area contributed by atoms with Gasteiger partial charge in [0, 0.05) is 26.1 Å². The molecule has 5 nitrogen and oxygen atoms in total. The number of rotatable bonds is 5. The highest BCUT2D eigenvalue weighted by atomic mass is 16.5. The number of likely N-dealkylation sites (tertiary alicyclic amines) is 1. The molecule has 0 radical (unpaired) electrons. The number of fused-ring (bicyclic) bond motifs is 1. The van der Waals surface area contributed by atoms with Crippen LogP contribution >= 0.6 is 0 Å². The minimum atomic E-state index is -0.0873. The Morgan fingerprint density at radius 1 is 1.10 bits per heavy atom. The van der Waals surface area contributed by atoms with E-state index in [4.69, 9.17) is 4.74 Å². The van der Waals surface area contributed by atoms with Crippen molar-refractivity contribution in [1.29, 1.82) is 0 Å². The topological polar surface area (TPSA) is 49.9 Å². The fourth-order valence-electron chi connectivity index (χ4n) is 4.26. The number of nitrogens with zero attached hydrogens (tertiary/aromatic N) is 2. The van der Waals surface area contributed by atoms with Crippen LogP contribution in [0.15, 0.2) is 48.5 Å². The molecule has 0 atom stereocenters. The number of hydrogen-bond donors (Lipinski definition) is 0. The van der Waals surface area contributed by atoms with E-state index in [0.717, 1.165) is 49.4 Å². The normalized spacial score (nSPS) is 17.1. The van der Waals surface area contributed by atoms with Crippen LogP contribution in [0.5, 0.6) is 5.75 Å². The Morgan fingerprint density at radius 2 is 1.86 bits per heavy atom. The molecule has 4 rings (SSSR count). The summed E-state index contributed by atoms with van der Waals surface area (Å²) in [4.78, 5) is 28.7. The first kappa shape index (κ1) is 19.5. The molecule has 0 aliphatic carbocycles. The van der Waals surface area contributed by atoms with Crippen LogP contribution in [-0.2, 0) is 16.0 Å². The van der Waals surface area contributed by atoms with Crippen LogP contribution in [0, 0.1) is 12.8 Å². The maximum absolute atomic E-state index is 12.7. The van der Waals surface area contributed by atoms with Crippen LogP contribution in [0.25, 0.3) is 0 Å². The molecule has 2 aromatic carbocycles. The SMILES string of the molecule is Cc1ccc2c(c1)OCC(=O)N2CCC(=O)N1CCC(Cc2ccccc2)CC1. The van der Waals surface area contributed by atoms with Crippen molar-refractivity contribution in [1.82, 2.24) is 4.90 Å². The summed E-state index contributed by atoms with van der Waals surface area (Å²) in [6.07, 6.45) is 3.52. The van der Waals surface area contributed by atoms with E-state index in [1.165, 1.54) is 5.56 Å². The standard InChI is InChI=1S/C24H28N2O3/c1-18-7-8-21-22(15-18)29-17-24(28)26(21)14-11-23(27)25-12-9-20(10-13-25)16-19-5-3-2-4-6-19/h2-8,15,20H,9-14,16-17H2,1H3. The first-order chi connectivity index (χ1) is 14.1. The Bertz CT molecular complexity index is 873. The first-order valence-corrected chi connectivity index (χ1v) is 10.5. The lowest BCUT2D eigenvalue weighted by Gasteiger charge is -2.33. The maximum atomic E-state index is 12.7. The number of benzene rings is 2. The van der Waals surface area contributed by atoms with E-state index in [9.17, 15) is 9.59 Å². The van der Waals surface area contributed by atoms with Gasteiger partial charge in [-0.1, -0.05) is 36.4 Å². The lowest BCUT2D eigenvalue weighted by Crippen LogP contribution is -2.43. The van der Waals surface area contributed by atoms with Crippen LogP contribution in [0.2, 0.25) is 0 Å². The number of carbonyl (C=O) groups is 2. The molecule has 0 bridgehead atoms. The highest BCUT2D eigenvalue weighted by Crippen LogP contribution is 2.33. The molecule has 2 aliphatic rings. The third-order valence-corrected chi connectivity index (χ3v) is 5.94. The average molecular weight is 392 g/mol. The molecule has 152 valence electrons. The van der Waals surface area contributed by atoms with Crippen molar-refractivity contribution in [2.45, 2.75) is 32.6 Å². The zero-order valence-electron chi connectivity index (χ0n) is 17.0. The molecule has 0 saturated carbocycles. The third kappa shape index (κ3) is 4.61. The van der Waals surface area contributed by atoms with Gasteiger partial charge in [-0.3, -0.25) is 9.59 Å². The van der Waals surface area contributed by atoms with E-state index in [1.54, 1.807) is 4.90 Å². The minimum absolute atomic E-state index is 0.0372. The van der Waals surface area contributed by atoms with Gasteiger partial charge in [-0.25, -0.2) is 0 Å². The van der Waals surface area contributed by atoms with Crippen molar-refractivity contribution in [2.75, 3.05) is 31.1 Å². The smallest absolute Gasteiger partial charge is 0.265 e. The van der Waals surface area contributed by atoms with Gasteiger partial charge in [0.15, 0.2) is 6.61 Å². The molecule has 5 heteroatoms. The molecular formula is C24H28N2O3. The molecule has 2 aliphatic heterocycles. The molecule has 0 unspecified atom stereocenters. The Hall–Kier alpha value is -2.82. The van der Waals surface area contributed by atoms with Crippen molar-refractivity contribution < 1.29 is 14.3 Å². The molecule has 2 aromatic rings. The molecule has 0 spiro atoms. The van der Waals surface area contributed by atoms with Crippen LogP contribution < -0.4 is 9.64 Å². The maximum Gasteiger partial charge on any atom is 0.265 e. The van der Waals surface area contributed by atoms with E-state index < -0.39 is 0 Å². The monoisotopic (exact) mass is 392 g/mol. The third-order valence-electron chi connectivity index (χ3n) is 5.94. The zero-order chi connectivity index (χ0) is 20.2. The number of aryl methyl sites for hydroxylation is 1. The zero-order valence-corrected chi connectivity index (χ0v) is 17.0. The molecule has 1 saturated heterocycles. The molecule has 29 heavy (non-hydrogen) atoms. The van der Waals surface area contributed by atoms with Crippen molar-refractivity contribution in [2.24, 2.45) is 5.92 Å². The summed E-state index contributed by atoms with van der Waals surface area (Å²) < 4.78 is 5.54. The van der Waals surface area contributed by atoms with E-state index in [2.05, 4.69) is 24.3 Å². The first-order valence-electron chi connectivity index (χ1n) is 10.5. The van der Waals surface area contributed by atoms with Crippen molar-refractivity contribution in [3.05, 3.63) is 59.7 Å². The number of hydrogen-bond acceptors (Lipinski definition) is 3. The molecule has 1 fully saturated rings. The van der Waals surface area contributed by atoms with Crippen molar-refractivity contribution in [3.63, 3.8) is 0 Å². The summed E-state index contributed by atoms with van der Waals surface area (Å²) in [5.74, 6) is 1.41. The van der Waals surface area contributed by atoms with Crippen LogP contribution in [0.4, 0.5) is 5.69 Å². The fraction of sp³-hybridized carbons (Fsp3) is 0.417. The number of anilines is 1. The van der Waals surface area contributed by atoms with Gasteiger partial charge in [0.2, 0.25) is 5.91 Å². The minimum Gasteiger partial charge on any atom is -0.482 e. The Labute approximate surface area is 172 Å². The average Bonchev–Trinajstić information content (AvgIpc) is 2.74. The van der Waals surface area contributed by atoms with Crippen molar-refractivity contribution >= 4 is 17.5 Å². The Kier molecular flexibility index (Phi) is 5.84. The summed E-state index contributed by atoms with van der Waals surface area (Å²) in [7, 11) is 0. The second-order valence-corrected chi connectivity index (χ2v) is 8.07. The van der Waals surface area contributed by atoms with Gasteiger partial charge in [-0.15, -0.1) is 0 Å². The number of amides is 2. The predicted octanol–water partition coefficient (Wildman–Crippen LogP) is 3.59. The molecular weight excluding hydrogens is 364 g/mol. The molecule has 2 heterocycles. The van der Waals surface area contributed by atoms with Crippen LogP contribution in [0.1, 0.15) is 30.4 Å². The number of ether oxygens (including phenoxy) is 1. The summed E-state index contributed by atoms with van der Waals surface area (Å²) in [6.45, 7) is 4.05. The summed E-state index contributed by atoms with van der Waals surface area (Å²) in [5, 5.41) is 0. The lowest BCUT2D eigenvalue weighted by atomic mass is 9.90. The molecule has 0 N–H and O–H groups in total. The Balaban J connectivity index is 1.29. The lowest BCUT2D eigenvalue weighted by molar-refractivity contribution is -0.132. The van der Waals surface area contributed by atoms with Crippen LogP contribution in [-0.4, -0.2) is 43.0 Å². The fourth-order valence-corrected chi connectivity index (χ4v) is 4.26. The van der Waals surface area contributed by atoms with Gasteiger partial charge in [-0.05, 0) is 55.4 Å². The van der Waals surface area contributed by atoms with E-state index in [-0.39, 0.29) is 18.4 Å². The van der Waals surface area contributed by atoms with E-state index in [1.807, 2.05) is 36.1 Å². The van der Waals surface area contributed by atoms with Gasteiger partial charge in [0.25, 0.3) is 5.91 Å². The molecule has 0 aromatic heterocycles. The number of carbonyl (C=O) groups excluding carboxylic acids is 2. The second kappa shape index (κ2) is 8.68. The van der Waals surface area contributed by atoms with Gasteiger partial charge < -0.3 is 14.5 Å².